The van der Waals surface area contributed by atoms with E-state index in [2.05, 4.69) is 25.5 Å². The number of aryl methyl sites for hydroxylation is 1. The van der Waals surface area contributed by atoms with Gasteiger partial charge in [0.05, 0.1) is 18.3 Å². The number of anilines is 1. The lowest BCUT2D eigenvalue weighted by Crippen LogP contribution is -2.33. The Kier molecular flexibility index (Phi) is 4.94. The van der Waals surface area contributed by atoms with E-state index in [1.807, 2.05) is 20.8 Å². The van der Waals surface area contributed by atoms with Crippen LogP contribution < -0.4 is 5.32 Å². The van der Waals surface area contributed by atoms with Gasteiger partial charge in [0, 0.05) is 12.5 Å². The molecule has 0 radical (unpaired) electrons. The highest BCUT2D eigenvalue weighted by molar-refractivity contribution is 5.91. The zero-order valence-electron chi connectivity index (χ0n) is 14.3. The number of likely N-dealkylation sites (tertiary alicyclic amines) is 1. The van der Waals surface area contributed by atoms with Crippen LogP contribution in [0.2, 0.25) is 0 Å². The minimum Gasteiger partial charge on any atom is -0.339 e. The summed E-state index contributed by atoms with van der Waals surface area (Å²) in [6.45, 7) is 7.11. The van der Waals surface area contributed by atoms with E-state index in [4.69, 9.17) is 9.05 Å². The topological polar surface area (TPSA) is 97.3 Å². The third kappa shape index (κ3) is 3.64. The highest BCUT2D eigenvalue weighted by Crippen LogP contribution is 2.29. The predicted molar refractivity (Wildman–Crippen MR) is 86.4 cm³/mol. The van der Waals surface area contributed by atoms with Gasteiger partial charge in [0.25, 0.3) is 0 Å². The number of carbonyl (C=O) groups excluding carboxylic acids is 1. The average Bonchev–Trinajstić information content (AvgIpc) is 3.26. The molecule has 3 heterocycles. The quantitative estimate of drug-likeness (QED) is 0.867. The maximum atomic E-state index is 12.3. The summed E-state index contributed by atoms with van der Waals surface area (Å²) in [4.78, 5) is 18.7. The maximum Gasteiger partial charge on any atom is 0.240 e. The molecule has 1 aliphatic rings. The van der Waals surface area contributed by atoms with Crippen molar-refractivity contribution in [2.24, 2.45) is 0 Å². The number of rotatable bonds is 6. The van der Waals surface area contributed by atoms with E-state index in [0.717, 1.165) is 25.1 Å². The number of nitrogens with zero attached hydrogens (tertiary/aromatic N) is 4. The first-order chi connectivity index (χ1) is 11.6. The summed E-state index contributed by atoms with van der Waals surface area (Å²) in [5.74, 6) is 1.80. The van der Waals surface area contributed by atoms with Gasteiger partial charge in [-0.15, -0.1) is 0 Å². The summed E-state index contributed by atoms with van der Waals surface area (Å²) in [6.07, 6.45) is 2.65. The van der Waals surface area contributed by atoms with Gasteiger partial charge in [0.15, 0.2) is 5.82 Å². The molecule has 0 aliphatic carbocycles. The van der Waals surface area contributed by atoms with Crippen molar-refractivity contribution in [1.29, 1.82) is 0 Å². The van der Waals surface area contributed by atoms with Gasteiger partial charge < -0.3 is 9.05 Å². The van der Waals surface area contributed by atoms with Crippen LogP contribution in [0.5, 0.6) is 0 Å². The van der Waals surface area contributed by atoms with Crippen molar-refractivity contribution in [3.05, 3.63) is 23.5 Å². The van der Waals surface area contributed by atoms with Crippen LogP contribution in [0.15, 0.2) is 15.1 Å². The lowest BCUT2D eigenvalue weighted by molar-refractivity contribution is -0.117. The predicted octanol–water partition coefficient (Wildman–Crippen LogP) is 2.52. The molecule has 1 N–H and O–H groups in total. The first kappa shape index (κ1) is 16.6. The van der Waals surface area contributed by atoms with Crippen LogP contribution in [0.1, 0.15) is 63.0 Å². The molecule has 1 atom stereocenters. The van der Waals surface area contributed by atoms with Gasteiger partial charge >= 0.3 is 0 Å². The Hall–Kier alpha value is -2.22. The first-order valence-corrected chi connectivity index (χ1v) is 8.39. The smallest absolute Gasteiger partial charge is 0.240 e. The van der Waals surface area contributed by atoms with Crippen LogP contribution in [0.25, 0.3) is 0 Å². The Bertz CT molecular complexity index is 693. The fourth-order valence-electron chi connectivity index (χ4n) is 2.84. The molecule has 0 aromatic carbocycles. The van der Waals surface area contributed by atoms with Crippen molar-refractivity contribution >= 4 is 11.8 Å². The van der Waals surface area contributed by atoms with Gasteiger partial charge in [-0.25, -0.2) is 0 Å². The van der Waals surface area contributed by atoms with E-state index in [1.165, 1.54) is 0 Å². The Balaban J connectivity index is 1.60. The molecule has 0 unspecified atom stereocenters. The van der Waals surface area contributed by atoms with E-state index in [9.17, 15) is 4.79 Å². The molecule has 3 rings (SSSR count). The molecule has 1 fully saturated rings. The number of hydrogen-bond acceptors (Lipinski definition) is 7. The van der Waals surface area contributed by atoms with Crippen LogP contribution in [-0.2, 0) is 11.2 Å². The summed E-state index contributed by atoms with van der Waals surface area (Å²) in [6, 6.07) is 1.79. The van der Waals surface area contributed by atoms with Gasteiger partial charge in [-0.2, -0.15) is 4.98 Å². The SMILES string of the molecule is CCc1nc([C@H]2CCCN2CC(=O)Nc2cc(C(C)C)no2)no1. The molecule has 24 heavy (non-hydrogen) atoms. The number of aromatic nitrogens is 3. The molecular weight excluding hydrogens is 310 g/mol. The summed E-state index contributed by atoms with van der Waals surface area (Å²) in [7, 11) is 0. The van der Waals surface area contributed by atoms with Gasteiger partial charge in [0.2, 0.25) is 17.7 Å². The van der Waals surface area contributed by atoms with Crippen molar-refractivity contribution < 1.29 is 13.8 Å². The zero-order chi connectivity index (χ0) is 17.1. The molecule has 130 valence electrons. The van der Waals surface area contributed by atoms with E-state index >= 15 is 0 Å². The standard InChI is InChI=1S/C16H23N5O3/c1-4-14-18-16(20-23-14)12-6-5-7-21(12)9-13(22)17-15-8-11(10(2)3)19-24-15/h8,10,12H,4-7,9H2,1-3H3,(H,17,22)/t12-/m1/s1. The van der Waals surface area contributed by atoms with Crippen molar-refractivity contribution in [1.82, 2.24) is 20.2 Å². The van der Waals surface area contributed by atoms with Crippen LogP contribution in [-0.4, -0.2) is 39.2 Å². The molecule has 1 amide bonds. The summed E-state index contributed by atoms with van der Waals surface area (Å²) in [5, 5.41) is 10.7. The third-order valence-corrected chi connectivity index (χ3v) is 4.18. The van der Waals surface area contributed by atoms with E-state index < -0.39 is 0 Å². The van der Waals surface area contributed by atoms with E-state index in [-0.39, 0.29) is 24.4 Å². The first-order valence-electron chi connectivity index (χ1n) is 8.39. The largest absolute Gasteiger partial charge is 0.339 e. The second-order valence-corrected chi connectivity index (χ2v) is 6.35. The molecule has 1 saturated heterocycles. The molecule has 8 nitrogen and oxygen atoms in total. The second-order valence-electron chi connectivity index (χ2n) is 6.35. The van der Waals surface area contributed by atoms with Crippen LogP contribution >= 0.6 is 0 Å². The van der Waals surface area contributed by atoms with Crippen LogP contribution in [0, 0.1) is 0 Å². The Morgan fingerprint density at radius 2 is 2.25 bits per heavy atom. The lowest BCUT2D eigenvalue weighted by atomic mass is 10.1. The second kappa shape index (κ2) is 7.12. The van der Waals surface area contributed by atoms with Crippen LogP contribution in [0.3, 0.4) is 0 Å². The van der Waals surface area contributed by atoms with Gasteiger partial charge in [0.1, 0.15) is 0 Å². The molecule has 8 heteroatoms. The summed E-state index contributed by atoms with van der Waals surface area (Å²) < 4.78 is 10.3. The van der Waals surface area contributed by atoms with E-state index in [1.54, 1.807) is 6.07 Å². The molecule has 2 aromatic heterocycles. The van der Waals surface area contributed by atoms with Gasteiger partial charge in [-0.05, 0) is 25.3 Å². The van der Waals surface area contributed by atoms with E-state index in [0.29, 0.717) is 24.0 Å². The molecule has 1 aliphatic heterocycles. The number of amides is 1. The number of carbonyl (C=O) groups is 1. The van der Waals surface area contributed by atoms with Crippen molar-refractivity contribution in [3.63, 3.8) is 0 Å². The highest BCUT2D eigenvalue weighted by Gasteiger charge is 2.31. The molecule has 0 bridgehead atoms. The van der Waals surface area contributed by atoms with Crippen molar-refractivity contribution in [2.75, 3.05) is 18.4 Å². The Morgan fingerprint density at radius 1 is 1.42 bits per heavy atom. The minimum absolute atomic E-state index is 0.0285. The van der Waals surface area contributed by atoms with Crippen molar-refractivity contribution in [3.8, 4) is 0 Å². The van der Waals surface area contributed by atoms with Gasteiger partial charge in [-0.3, -0.25) is 15.0 Å². The van der Waals surface area contributed by atoms with Crippen molar-refractivity contribution in [2.45, 2.75) is 52.0 Å². The molecular formula is C16H23N5O3. The van der Waals surface area contributed by atoms with Crippen LogP contribution in [0.4, 0.5) is 5.88 Å². The summed E-state index contributed by atoms with van der Waals surface area (Å²) in [5.41, 5.74) is 0.822. The fourth-order valence-corrected chi connectivity index (χ4v) is 2.84. The maximum absolute atomic E-state index is 12.3. The molecule has 0 spiro atoms. The zero-order valence-corrected chi connectivity index (χ0v) is 14.3. The lowest BCUT2D eigenvalue weighted by Gasteiger charge is -2.20. The molecule has 2 aromatic rings. The normalized spacial score (nSPS) is 18.4. The average molecular weight is 333 g/mol. The molecule has 0 saturated carbocycles. The fraction of sp³-hybridized carbons (Fsp3) is 0.625. The Morgan fingerprint density at radius 3 is 2.92 bits per heavy atom. The summed E-state index contributed by atoms with van der Waals surface area (Å²) >= 11 is 0. The third-order valence-electron chi connectivity index (χ3n) is 4.18. The van der Waals surface area contributed by atoms with Gasteiger partial charge in [-0.1, -0.05) is 31.1 Å². The highest BCUT2D eigenvalue weighted by atomic mass is 16.5. The number of hydrogen-bond donors (Lipinski definition) is 1. The minimum atomic E-state index is -0.132. The monoisotopic (exact) mass is 333 g/mol. The number of nitrogens with one attached hydrogen (secondary N) is 1. The Labute approximate surface area is 140 Å².